The van der Waals surface area contributed by atoms with E-state index in [-0.39, 0.29) is 29.8 Å². The van der Waals surface area contributed by atoms with Gasteiger partial charge in [-0.2, -0.15) is 5.10 Å². The van der Waals surface area contributed by atoms with Gasteiger partial charge in [0.2, 0.25) is 17.7 Å². The number of rotatable bonds is 13. The molecular formula is C38H50FN7O4. The molecule has 1 aliphatic carbocycles. The Balaban J connectivity index is 1.27. The molecule has 0 bridgehead atoms. The van der Waals surface area contributed by atoms with Gasteiger partial charge in [0.05, 0.1) is 5.69 Å². The minimum atomic E-state index is -0.884. The van der Waals surface area contributed by atoms with Gasteiger partial charge in [-0.1, -0.05) is 69.5 Å². The van der Waals surface area contributed by atoms with E-state index in [1.54, 1.807) is 41.8 Å². The zero-order chi connectivity index (χ0) is 35.6. The van der Waals surface area contributed by atoms with Gasteiger partial charge < -0.3 is 20.9 Å². The van der Waals surface area contributed by atoms with Gasteiger partial charge in [-0.05, 0) is 55.0 Å². The van der Waals surface area contributed by atoms with Crippen LogP contribution in [0.15, 0.2) is 60.8 Å². The summed E-state index contributed by atoms with van der Waals surface area (Å²) in [6.07, 6.45) is 6.30. The molecule has 2 aromatic carbocycles. The molecular weight excluding hydrogens is 637 g/mol. The number of halogens is 1. The van der Waals surface area contributed by atoms with Gasteiger partial charge >= 0.3 is 0 Å². The number of aromatic nitrogens is 2. The van der Waals surface area contributed by atoms with E-state index in [2.05, 4.69) is 38.1 Å². The van der Waals surface area contributed by atoms with Gasteiger partial charge in [-0.3, -0.25) is 28.8 Å². The van der Waals surface area contributed by atoms with Crippen LogP contribution in [0.2, 0.25) is 0 Å². The SMILES string of the molecule is CCC(=O)N[C@@H](C(=O)N1CCN(Cc2ccccc2)CC1)[C@@H](C)c1ccc(NC(=O)[C@@H](NC(=O)c2ccnn2CC)C2CCCCC2)c(F)c1. The van der Waals surface area contributed by atoms with Crippen molar-refractivity contribution in [2.45, 2.75) is 90.4 Å². The largest absolute Gasteiger partial charge is 0.344 e. The number of carbonyl (C=O) groups excluding carboxylic acids is 4. The first kappa shape index (κ1) is 36.7. The zero-order valence-corrected chi connectivity index (χ0v) is 29.4. The maximum Gasteiger partial charge on any atom is 0.270 e. The highest BCUT2D eigenvalue weighted by atomic mass is 19.1. The van der Waals surface area contributed by atoms with Crippen molar-refractivity contribution in [1.29, 1.82) is 0 Å². The molecule has 3 aromatic rings. The van der Waals surface area contributed by atoms with Crippen LogP contribution in [-0.4, -0.2) is 81.5 Å². The Hall–Kier alpha value is -4.58. The molecule has 1 aromatic heterocycles. The molecule has 2 heterocycles. The standard InChI is InChI=1S/C38H50FN7O4/c1-4-33(47)42-34(38(50)45-22-20-44(21-23-45)25-27-12-8-6-9-13-27)26(3)29-16-17-31(30(39)24-29)41-37(49)35(28-14-10-7-11-15-28)43-36(48)32-18-19-40-46(32)5-2/h6,8-9,12-13,16-19,24,26,28,34-35H,4-5,7,10-11,14-15,20-23,25H2,1-3H3,(H,41,49)(H,42,47)(H,43,48)/t26-,34+,35-/m0/s1. The summed E-state index contributed by atoms with van der Waals surface area (Å²) in [6, 6.07) is 14.5. The fourth-order valence-corrected chi connectivity index (χ4v) is 7.02. The Morgan fingerprint density at radius 1 is 0.920 bits per heavy atom. The summed E-state index contributed by atoms with van der Waals surface area (Å²) in [7, 11) is 0. The van der Waals surface area contributed by atoms with Crippen molar-refractivity contribution in [2.24, 2.45) is 5.92 Å². The number of hydrogen-bond acceptors (Lipinski definition) is 6. The monoisotopic (exact) mass is 687 g/mol. The second-order valence-electron chi connectivity index (χ2n) is 13.4. The van der Waals surface area contributed by atoms with E-state index in [4.69, 9.17) is 0 Å². The molecule has 1 saturated heterocycles. The third-order valence-electron chi connectivity index (χ3n) is 10.1. The fourth-order valence-electron chi connectivity index (χ4n) is 7.02. The van der Waals surface area contributed by atoms with Gasteiger partial charge in [0.15, 0.2) is 0 Å². The van der Waals surface area contributed by atoms with Crippen molar-refractivity contribution in [3.63, 3.8) is 0 Å². The van der Waals surface area contributed by atoms with Crippen molar-refractivity contribution in [1.82, 2.24) is 30.2 Å². The predicted molar refractivity (Wildman–Crippen MR) is 190 cm³/mol. The van der Waals surface area contributed by atoms with Crippen LogP contribution in [0.1, 0.15) is 86.8 Å². The third-order valence-corrected chi connectivity index (χ3v) is 10.1. The minimum absolute atomic E-state index is 0.0189. The van der Waals surface area contributed by atoms with Crippen LogP contribution in [0.5, 0.6) is 0 Å². The van der Waals surface area contributed by atoms with E-state index in [0.717, 1.165) is 38.6 Å². The van der Waals surface area contributed by atoms with Crippen molar-refractivity contribution in [3.05, 3.63) is 83.4 Å². The van der Waals surface area contributed by atoms with Crippen LogP contribution in [0.25, 0.3) is 0 Å². The number of benzene rings is 2. The average Bonchev–Trinajstić information content (AvgIpc) is 3.63. The highest BCUT2D eigenvalue weighted by Gasteiger charge is 2.35. The summed E-state index contributed by atoms with van der Waals surface area (Å²) in [4.78, 5) is 57.4. The van der Waals surface area contributed by atoms with Crippen LogP contribution in [-0.2, 0) is 27.5 Å². The van der Waals surface area contributed by atoms with E-state index >= 15 is 4.39 Å². The summed E-state index contributed by atoms with van der Waals surface area (Å²) < 4.78 is 17.3. The second-order valence-corrected chi connectivity index (χ2v) is 13.4. The molecule has 1 aliphatic heterocycles. The number of amides is 4. The minimum Gasteiger partial charge on any atom is -0.344 e. The van der Waals surface area contributed by atoms with E-state index in [1.807, 2.05) is 25.1 Å². The quantitative estimate of drug-likeness (QED) is 0.239. The fraction of sp³-hybridized carbons (Fsp3) is 0.500. The van der Waals surface area contributed by atoms with Crippen molar-refractivity contribution in [2.75, 3.05) is 31.5 Å². The first-order valence-electron chi connectivity index (χ1n) is 18.0. The van der Waals surface area contributed by atoms with Gasteiger partial charge in [0.25, 0.3) is 5.91 Å². The smallest absolute Gasteiger partial charge is 0.270 e. The van der Waals surface area contributed by atoms with Crippen LogP contribution >= 0.6 is 0 Å². The Bertz CT molecular complexity index is 1620. The molecule has 11 nitrogen and oxygen atoms in total. The Morgan fingerprint density at radius 3 is 2.30 bits per heavy atom. The topological polar surface area (TPSA) is 129 Å². The average molecular weight is 688 g/mol. The molecule has 0 radical (unpaired) electrons. The highest BCUT2D eigenvalue weighted by Crippen LogP contribution is 2.29. The lowest BCUT2D eigenvalue weighted by Gasteiger charge is -2.37. The molecule has 2 aliphatic rings. The number of aryl methyl sites for hydroxylation is 1. The maximum atomic E-state index is 15.7. The number of hydrogen-bond donors (Lipinski definition) is 3. The zero-order valence-electron chi connectivity index (χ0n) is 29.4. The summed E-state index contributed by atoms with van der Waals surface area (Å²) in [5.74, 6) is -2.64. The van der Waals surface area contributed by atoms with E-state index < -0.39 is 35.6 Å². The maximum absolute atomic E-state index is 15.7. The van der Waals surface area contributed by atoms with Crippen molar-refractivity contribution in [3.8, 4) is 0 Å². The molecule has 3 N–H and O–H groups in total. The normalized spacial score (nSPS) is 17.4. The number of nitrogens with zero attached hydrogens (tertiary/aromatic N) is 4. The number of piperazine rings is 1. The summed E-state index contributed by atoms with van der Waals surface area (Å²) in [6.45, 7) is 9.17. The lowest BCUT2D eigenvalue weighted by molar-refractivity contribution is -0.138. The molecule has 0 spiro atoms. The number of anilines is 1. The van der Waals surface area contributed by atoms with Crippen LogP contribution < -0.4 is 16.0 Å². The molecule has 4 amide bonds. The predicted octanol–water partition coefficient (Wildman–Crippen LogP) is 4.70. The van der Waals surface area contributed by atoms with Gasteiger partial charge in [-0.15, -0.1) is 0 Å². The van der Waals surface area contributed by atoms with Crippen molar-refractivity contribution < 1.29 is 23.6 Å². The number of carbonyl (C=O) groups is 4. The highest BCUT2D eigenvalue weighted by molar-refractivity contribution is 6.00. The number of nitrogens with one attached hydrogen (secondary N) is 3. The molecule has 0 unspecified atom stereocenters. The van der Waals surface area contributed by atoms with Gasteiger partial charge in [0, 0.05) is 57.8 Å². The lowest BCUT2D eigenvalue weighted by Crippen LogP contribution is -2.56. The van der Waals surface area contributed by atoms with E-state index in [1.165, 1.54) is 17.7 Å². The van der Waals surface area contributed by atoms with E-state index in [9.17, 15) is 19.2 Å². The Labute approximate surface area is 294 Å². The molecule has 12 heteroatoms. The summed E-state index contributed by atoms with van der Waals surface area (Å²) in [5, 5.41) is 12.7. The summed E-state index contributed by atoms with van der Waals surface area (Å²) in [5.41, 5.74) is 2.07. The molecule has 2 fully saturated rings. The van der Waals surface area contributed by atoms with Gasteiger partial charge in [0.1, 0.15) is 23.6 Å². The van der Waals surface area contributed by atoms with Crippen molar-refractivity contribution >= 4 is 29.3 Å². The summed E-state index contributed by atoms with van der Waals surface area (Å²) >= 11 is 0. The van der Waals surface area contributed by atoms with Crippen LogP contribution in [0, 0.1) is 11.7 Å². The van der Waals surface area contributed by atoms with Crippen LogP contribution in [0.3, 0.4) is 0 Å². The molecule has 3 atom stereocenters. The lowest BCUT2D eigenvalue weighted by atomic mass is 9.83. The van der Waals surface area contributed by atoms with Gasteiger partial charge in [-0.25, -0.2) is 4.39 Å². The first-order chi connectivity index (χ1) is 24.2. The first-order valence-corrected chi connectivity index (χ1v) is 18.0. The Morgan fingerprint density at radius 2 is 1.64 bits per heavy atom. The van der Waals surface area contributed by atoms with Crippen LogP contribution in [0.4, 0.5) is 10.1 Å². The third kappa shape index (κ3) is 9.15. The second kappa shape index (κ2) is 17.4. The Kier molecular flexibility index (Phi) is 12.8. The molecule has 50 heavy (non-hydrogen) atoms. The molecule has 5 rings (SSSR count). The molecule has 1 saturated carbocycles. The van der Waals surface area contributed by atoms with E-state index in [0.29, 0.717) is 44.0 Å². The molecule has 268 valence electrons.